The molecule has 2 aromatic carbocycles. The Morgan fingerprint density at radius 2 is 2.00 bits per heavy atom. The number of carbonyl (C=O) groups is 1. The predicted octanol–water partition coefficient (Wildman–Crippen LogP) is 4.10. The lowest BCUT2D eigenvalue weighted by Crippen LogP contribution is -2.27. The molecule has 2 aromatic rings. The summed E-state index contributed by atoms with van der Waals surface area (Å²) in [7, 11) is 0. The summed E-state index contributed by atoms with van der Waals surface area (Å²) in [6, 6.07) is 10.6. The molecule has 1 N–H and O–H groups in total. The van der Waals surface area contributed by atoms with Gasteiger partial charge >= 0.3 is 0 Å². The van der Waals surface area contributed by atoms with Gasteiger partial charge in [0.25, 0.3) is 11.6 Å². The van der Waals surface area contributed by atoms with E-state index >= 15 is 0 Å². The molecule has 0 unspecified atom stereocenters. The van der Waals surface area contributed by atoms with Crippen molar-refractivity contribution in [1.82, 2.24) is 0 Å². The first-order valence-electron chi connectivity index (χ1n) is 7.89. The number of ether oxygens (including phenoxy) is 1. The molecule has 1 fully saturated rings. The molecule has 1 aliphatic rings. The summed E-state index contributed by atoms with van der Waals surface area (Å²) in [5, 5.41) is 21.1. The van der Waals surface area contributed by atoms with Crippen LogP contribution in [-0.2, 0) is 4.79 Å². The lowest BCUT2D eigenvalue weighted by Gasteiger charge is -2.14. The van der Waals surface area contributed by atoms with Crippen molar-refractivity contribution in [2.75, 3.05) is 11.5 Å². The van der Waals surface area contributed by atoms with Crippen molar-refractivity contribution in [3.63, 3.8) is 0 Å². The zero-order chi connectivity index (χ0) is 19.6. The molecule has 27 heavy (non-hydrogen) atoms. The van der Waals surface area contributed by atoms with Crippen LogP contribution in [0.3, 0.4) is 0 Å². The van der Waals surface area contributed by atoms with Crippen molar-refractivity contribution >= 4 is 51.7 Å². The molecule has 1 amide bonds. The topological polar surface area (TPSA) is 92.9 Å². The predicted molar refractivity (Wildman–Crippen MR) is 108 cm³/mol. The second-order valence-corrected chi connectivity index (χ2v) is 7.09. The van der Waals surface area contributed by atoms with Crippen LogP contribution in [0.1, 0.15) is 12.5 Å². The minimum atomic E-state index is -0.512. The Morgan fingerprint density at radius 1 is 1.30 bits per heavy atom. The molecule has 1 heterocycles. The number of phenols is 1. The molecule has 0 radical (unpaired) electrons. The molecular weight excluding hydrogens is 388 g/mol. The molecule has 1 aliphatic heterocycles. The number of carbonyl (C=O) groups excluding carboxylic acids is 1. The summed E-state index contributed by atoms with van der Waals surface area (Å²) in [4.78, 5) is 24.7. The van der Waals surface area contributed by atoms with Crippen LogP contribution >= 0.6 is 24.0 Å². The number of non-ortho nitro benzene ring substituents is 1. The van der Waals surface area contributed by atoms with Crippen LogP contribution in [0.25, 0.3) is 6.08 Å². The van der Waals surface area contributed by atoms with Gasteiger partial charge in [0.2, 0.25) is 0 Å². The Labute approximate surface area is 164 Å². The zero-order valence-electron chi connectivity index (χ0n) is 14.1. The monoisotopic (exact) mass is 402 g/mol. The highest BCUT2D eigenvalue weighted by Gasteiger charge is 2.33. The fourth-order valence-electron chi connectivity index (χ4n) is 2.48. The van der Waals surface area contributed by atoms with Gasteiger partial charge < -0.3 is 9.84 Å². The van der Waals surface area contributed by atoms with Gasteiger partial charge in [0.15, 0.2) is 15.8 Å². The van der Waals surface area contributed by atoms with Crippen LogP contribution in [-0.4, -0.2) is 26.9 Å². The maximum Gasteiger partial charge on any atom is 0.270 e. The fourth-order valence-corrected chi connectivity index (χ4v) is 3.77. The van der Waals surface area contributed by atoms with Crippen LogP contribution in [0.2, 0.25) is 0 Å². The Balaban J connectivity index is 1.91. The smallest absolute Gasteiger partial charge is 0.270 e. The van der Waals surface area contributed by atoms with Crippen LogP contribution < -0.4 is 9.64 Å². The van der Waals surface area contributed by atoms with Crippen LogP contribution in [0, 0.1) is 10.1 Å². The maximum atomic E-state index is 12.8. The number of anilines is 1. The number of nitrogens with zero attached hydrogens (tertiary/aromatic N) is 2. The first-order valence-corrected chi connectivity index (χ1v) is 9.12. The standard InChI is InChI=1S/C18H14N2O5S2/c1-2-25-14-5-3-4-11(16(14)21)10-15-17(22)19(18(26)27-15)12-6-8-13(9-7-12)20(23)24/h3-10,21H,2H2,1H3/b15-10-. The number of hydrogen-bond acceptors (Lipinski definition) is 7. The van der Waals surface area contributed by atoms with Crippen molar-refractivity contribution < 1.29 is 19.6 Å². The van der Waals surface area contributed by atoms with Crippen LogP contribution in [0.5, 0.6) is 11.5 Å². The summed E-state index contributed by atoms with van der Waals surface area (Å²) in [5.74, 6) is -0.0860. The van der Waals surface area contributed by atoms with Gasteiger partial charge in [0, 0.05) is 17.7 Å². The Hall–Kier alpha value is -2.91. The normalized spacial score (nSPS) is 15.4. The van der Waals surface area contributed by atoms with Gasteiger partial charge in [-0.1, -0.05) is 36.1 Å². The van der Waals surface area contributed by atoms with E-state index in [1.165, 1.54) is 29.2 Å². The number of benzene rings is 2. The van der Waals surface area contributed by atoms with Crippen molar-refractivity contribution in [1.29, 1.82) is 0 Å². The van der Waals surface area contributed by atoms with Gasteiger partial charge in [0.05, 0.1) is 22.1 Å². The second-order valence-electron chi connectivity index (χ2n) is 5.42. The molecule has 0 bridgehead atoms. The van der Waals surface area contributed by atoms with Crippen molar-refractivity contribution in [3.8, 4) is 11.5 Å². The van der Waals surface area contributed by atoms with Gasteiger partial charge in [-0.3, -0.25) is 19.8 Å². The molecule has 9 heteroatoms. The first kappa shape index (κ1) is 18.9. The van der Waals surface area contributed by atoms with E-state index in [9.17, 15) is 20.0 Å². The van der Waals surface area contributed by atoms with Crippen molar-refractivity contribution in [2.45, 2.75) is 6.92 Å². The number of thiocarbonyl (C=S) groups is 1. The number of nitro groups is 1. The number of amides is 1. The number of aromatic hydroxyl groups is 1. The summed E-state index contributed by atoms with van der Waals surface area (Å²) in [5.41, 5.74) is 0.807. The van der Waals surface area contributed by atoms with Gasteiger partial charge in [-0.15, -0.1) is 0 Å². The minimum Gasteiger partial charge on any atom is -0.504 e. The molecule has 0 aromatic heterocycles. The molecule has 0 saturated carbocycles. The highest BCUT2D eigenvalue weighted by molar-refractivity contribution is 8.27. The highest BCUT2D eigenvalue weighted by Crippen LogP contribution is 2.39. The molecule has 0 spiro atoms. The van der Waals surface area contributed by atoms with Gasteiger partial charge in [0.1, 0.15) is 0 Å². The summed E-state index contributed by atoms with van der Waals surface area (Å²) in [6.45, 7) is 2.21. The van der Waals surface area contributed by atoms with E-state index in [1.807, 2.05) is 0 Å². The van der Waals surface area contributed by atoms with E-state index in [0.29, 0.717) is 32.8 Å². The number of rotatable bonds is 5. The quantitative estimate of drug-likeness (QED) is 0.348. The Bertz CT molecular complexity index is 957. The van der Waals surface area contributed by atoms with E-state index in [-0.39, 0.29) is 17.3 Å². The van der Waals surface area contributed by atoms with E-state index in [4.69, 9.17) is 17.0 Å². The van der Waals surface area contributed by atoms with Gasteiger partial charge in [-0.05, 0) is 31.2 Å². The molecular formula is C18H14N2O5S2. The zero-order valence-corrected chi connectivity index (χ0v) is 15.8. The number of phenolic OH excluding ortho intramolecular Hbond substituents is 1. The number of nitro benzene ring substituents is 1. The average molecular weight is 402 g/mol. The van der Waals surface area contributed by atoms with E-state index < -0.39 is 4.92 Å². The third-order valence-electron chi connectivity index (χ3n) is 3.73. The summed E-state index contributed by atoms with van der Waals surface area (Å²) in [6.07, 6.45) is 1.54. The summed E-state index contributed by atoms with van der Waals surface area (Å²) < 4.78 is 5.65. The van der Waals surface area contributed by atoms with Crippen molar-refractivity contribution in [2.24, 2.45) is 0 Å². The van der Waals surface area contributed by atoms with Crippen LogP contribution in [0.4, 0.5) is 11.4 Å². The average Bonchev–Trinajstić information content (AvgIpc) is 2.92. The highest BCUT2D eigenvalue weighted by atomic mass is 32.2. The SMILES string of the molecule is CCOc1cccc(/C=C2\SC(=S)N(c3ccc([N+](=O)[O-])cc3)C2=O)c1O. The molecule has 7 nitrogen and oxygen atoms in total. The molecule has 0 atom stereocenters. The number of thioether (sulfide) groups is 1. The van der Waals surface area contributed by atoms with E-state index in [0.717, 1.165) is 11.8 Å². The van der Waals surface area contributed by atoms with Crippen LogP contribution in [0.15, 0.2) is 47.4 Å². The molecule has 138 valence electrons. The Morgan fingerprint density at radius 3 is 2.63 bits per heavy atom. The third-order valence-corrected chi connectivity index (χ3v) is 5.03. The number of hydrogen-bond donors (Lipinski definition) is 1. The lowest BCUT2D eigenvalue weighted by molar-refractivity contribution is -0.384. The van der Waals surface area contributed by atoms with E-state index in [1.54, 1.807) is 31.2 Å². The molecule has 0 aliphatic carbocycles. The second kappa shape index (κ2) is 7.77. The number of para-hydroxylation sites is 1. The fraction of sp³-hybridized carbons (Fsp3) is 0.111. The third kappa shape index (κ3) is 3.79. The largest absolute Gasteiger partial charge is 0.504 e. The lowest BCUT2D eigenvalue weighted by atomic mass is 10.1. The van der Waals surface area contributed by atoms with Gasteiger partial charge in [-0.25, -0.2) is 0 Å². The van der Waals surface area contributed by atoms with Crippen molar-refractivity contribution in [3.05, 3.63) is 63.0 Å². The minimum absolute atomic E-state index is 0.0556. The van der Waals surface area contributed by atoms with E-state index in [2.05, 4.69) is 0 Å². The maximum absolute atomic E-state index is 12.8. The molecule has 3 rings (SSSR count). The van der Waals surface area contributed by atoms with Gasteiger partial charge in [-0.2, -0.15) is 0 Å². The Kier molecular flexibility index (Phi) is 5.43. The summed E-state index contributed by atoms with van der Waals surface area (Å²) >= 11 is 6.38. The molecule has 1 saturated heterocycles. The first-order chi connectivity index (χ1) is 12.9.